The minimum atomic E-state index is -3.61. The third-order valence-corrected chi connectivity index (χ3v) is 7.44. The number of hydrogen-bond acceptors (Lipinski definition) is 4. The van der Waals surface area contributed by atoms with Crippen LogP contribution in [0.4, 0.5) is 5.69 Å². The minimum Gasteiger partial charge on any atom is -0.351 e. The first-order valence-electron chi connectivity index (χ1n) is 9.72. The number of hydrogen-bond donors (Lipinski definition) is 1. The molecule has 0 heterocycles. The summed E-state index contributed by atoms with van der Waals surface area (Å²) in [6.07, 6.45) is 1.11. The van der Waals surface area contributed by atoms with Gasteiger partial charge in [0.25, 0.3) is 5.91 Å². The van der Waals surface area contributed by atoms with E-state index in [1.165, 1.54) is 4.31 Å². The van der Waals surface area contributed by atoms with Crippen molar-refractivity contribution in [2.75, 3.05) is 22.9 Å². The van der Waals surface area contributed by atoms with Crippen LogP contribution in [-0.2, 0) is 16.6 Å². The van der Waals surface area contributed by atoms with Crippen LogP contribution in [0.1, 0.15) is 15.9 Å². The summed E-state index contributed by atoms with van der Waals surface area (Å²) in [5.74, 6) is 0.527. The molecule has 0 radical (unpaired) electrons. The number of nitrogens with zero attached hydrogens (tertiary/aromatic N) is 1. The van der Waals surface area contributed by atoms with Crippen molar-refractivity contribution in [3.63, 3.8) is 0 Å². The molecule has 1 N–H and O–H groups in total. The highest BCUT2D eigenvalue weighted by atomic mass is 35.5. The number of amides is 1. The molecule has 0 unspecified atom stereocenters. The largest absolute Gasteiger partial charge is 0.351 e. The van der Waals surface area contributed by atoms with Gasteiger partial charge in [-0.15, -0.1) is 11.8 Å². The van der Waals surface area contributed by atoms with Crippen LogP contribution < -0.4 is 9.62 Å². The number of sulfonamides is 1. The number of thioether (sulfide) groups is 1. The predicted molar refractivity (Wildman–Crippen MR) is 133 cm³/mol. The van der Waals surface area contributed by atoms with E-state index < -0.39 is 10.0 Å². The van der Waals surface area contributed by atoms with Gasteiger partial charge in [0, 0.05) is 38.4 Å². The summed E-state index contributed by atoms with van der Waals surface area (Å²) in [7, 11) is -3.61. The van der Waals surface area contributed by atoms with E-state index in [0.29, 0.717) is 33.4 Å². The molecule has 0 saturated heterocycles. The number of carbonyl (C=O) groups is 1. The molecule has 0 aliphatic carbocycles. The van der Waals surface area contributed by atoms with Crippen LogP contribution in [-0.4, -0.2) is 32.9 Å². The standard InChI is InChI=1S/C23H22Cl2N2O3S2/c1-32(29,30)27(16-20-21(24)8-5-9-22(20)25)18-12-10-17(11-13-18)23(28)26-14-15-31-19-6-3-2-4-7-19/h2-13H,14-16H2,1H3,(H,26,28). The zero-order valence-electron chi connectivity index (χ0n) is 17.3. The third-order valence-electron chi connectivity index (χ3n) is 4.58. The molecule has 0 saturated carbocycles. The van der Waals surface area contributed by atoms with Crippen LogP contribution in [0.2, 0.25) is 10.0 Å². The molecule has 0 aliphatic rings. The summed E-state index contributed by atoms with van der Waals surface area (Å²) >= 11 is 14.1. The molecule has 3 rings (SSSR count). The number of carbonyl (C=O) groups excluding carboxylic acids is 1. The average molecular weight is 509 g/mol. The number of rotatable bonds is 9. The lowest BCUT2D eigenvalue weighted by Crippen LogP contribution is -2.30. The van der Waals surface area contributed by atoms with E-state index in [2.05, 4.69) is 5.32 Å². The molecule has 5 nitrogen and oxygen atoms in total. The van der Waals surface area contributed by atoms with Crippen LogP contribution in [0.15, 0.2) is 77.7 Å². The Morgan fingerprint density at radius 1 is 0.938 bits per heavy atom. The van der Waals surface area contributed by atoms with Crippen molar-refractivity contribution in [2.45, 2.75) is 11.4 Å². The number of halogens is 2. The van der Waals surface area contributed by atoms with Gasteiger partial charge in [-0.1, -0.05) is 47.5 Å². The quantitative estimate of drug-likeness (QED) is 0.306. The fraction of sp³-hybridized carbons (Fsp3) is 0.174. The van der Waals surface area contributed by atoms with Gasteiger partial charge in [-0.2, -0.15) is 0 Å². The Morgan fingerprint density at radius 3 is 2.16 bits per heavy atom. The van der Waals surface area contributed by atoms with Crippen LogP contribution in [0.5, 0.6) is 0 Å². The van der Waals surface area contributed by atoms with Crippen molar-refractivity contribution < 1.29 is 13.2 Å². The summed E-state index contributed by atoms with van der Waals surface area (Å²) in [5, 5.41) is 3.65. The molecule has 32 heavy (non-hydrogen) atoms. The lowest BCUT2D eigenvalue weighted by atomic mass is 10.1. The maximum Gasteiger partial charge on any atom is 0.251 e. The number of benzene rings is 3. The number of nitrogens with one attached hydrogen (secondary N) is 1. The molecule has 3 aromatic carbocycles. The van der Waals surface area contributed by atoms with Gasteiger partial charge in [0.15, 0.2) is 0 Å². The van der Waals surface area contributed by atoms with E-state index in [9.17, 15) is 13.2 Å². The highest BCUT2D eigenvalue weighted by Gasteiger charge is 2.21. The van der Waals surface area contributed by atoms with Crippen molar-refractivity contribution in [3.05, 3.63) is 94.0 Å². The fourth-order valence-electron chi connectivity index (χ4n) is 2.96. The predicted octanol–water partition coefficient (Wildman–Crippen LogP) is 5.48. The van der Waals surface area contributed by atoms with Crippen molar-refractivity contribution >= 4 is 56.6 Å². The Balaban J connectivity index is 1.65. The van der Waals surface area contributed by atoms with Gasteiger partial charge < -0.3 is 5.32 Å². The van der Waals surface area contributed by atoms with E-state index in [4.69, 9.17) is 23.2 Å². The summed E-state index contributed by atoms with van der Waals surface area (Å²) in [4.78, 5) is 13.6. The van der Waals surface area contributed by atoms with Gasteiger partial charge in [0.1, 0.15) is 0 Å². The Morgan fingerprint density at radius 2 is 1.56 bits per heavy atom. The summed E-state index contributed by atoms with van der Waals surface area (Å²) in [6, 6.07) is 21.4. The monoisotopic (exact) mass is 508 g/mol. The second-order valence-electron chi connectivity index (χ2n) is 6.93. The zero-order valence-corrected chi connectivity index (χ0v) is 20.4. The Kier molecular flexibility index (Phi) is 8.48. The molecule has 3 aromatic rings. The molecular weight excluding hydrogens is 487 g/mol. The zero-order chi connectivity index (χ0) is 23.1. The van der Waals surface area contributed by atoms with E-state index >= 15 is 0 Å². The smallest absolute Gasteiger partial charge is 0.251 e. The average Bonchev–Trinajstić information content (AvgIpc) is 2.76. The van der Waals surface area contributed by atoms with Crippen LogP contribution in [0.25, 0.3) is 0 Å². The van der Waals surface area contributed by atoms with Gasteiger partial charge in [0.2, 0.25) is 10.0 Å². The molecule has 0 fully saturated rings. The summed E-state index contributed by atoms with van der Waals surface area (Å²) in [6.45, 7) is 0.500. The maximum absolute atomic E-state index is 12.4. The summed E-state index contributed by atoms with van der Waals surface area (Å²) in [5.41, 5.74) is 1.38. The normalized spacial score (nSPS) is 11.2. The number of anilines is 1. The maximum atomic E-state index is 12.4. The van der Waals surface area contributed by atoms with E-state index in [1.807, 2.05) is 30.3 Å². The van der Waals surface area contributed by atoms with Crippen LogP contribution in [0, 0.1) is 0 Å². The van der Waals surface area contributed by atoms with Crippen molar-refractivity contribution in [1.82, 2.24) is 5.32 Å². The Hall–Kier alpha value is -2.19. The van der Waals surface area contributed by atoms with Crippen molar-refractivity contribution in [3.8, 4) is 0 Å². The molecule has 0 spiro atoms. The summed E-state index contributed by atoms with van der Waals surface area (Å²) < 4.78 is 26.1. The molecule has 0 atom stereocenters. The van der Waals surface area contributed by atoms with Crippen LogP contribution in [0.3, 0.4) is 0 Å². The molecule has 0 bridgehead atoms. The lowest BCUT2D eigenvalue weighted by molar-refractivity contribution is 0.0956. The highest BCUT2D eigenvalue weighted by molar-refractivity contribution is 7.99. The molecule has 168 valence electrons. The molecule has 0 aliphatic heterocycles. The molecule has 1 amide bonds. The second kappa shape index (κ2) is 11.1. The van der Waals surface area contributed by atoms with Gasteiger partial charge >= 0.3 is 0 Å². The topological polar surface area (TPSA) is 66.5 Å². The van der Waals surface area contributed by atoms with Crippen molar-refractivity contribution in [1.29, 1.82) is 0 Å². The fourth-order valence-corrected chi connectivity index (χ4v) is 5.13. The van der Waals surface area contributed by atoms with Gasteiger partial charge in [0.05, 0.1) is 18.5 Å². The Bertz CT molecular complexity index is 1150. The third kappa shape index (κ3) is 6.65. The van der Waals surface area contributed by atoms with E-state index in [0.717, 1.165) is 16.9 Å². The van der Waals surface area contributed by atoms with Gasteiger partial charge in [-0.05, 0) is 48.5 Å². The van der Waals surface area contributed by atoms with Gasteiger partial charge in [-0.25, -0.2) is 8.42 Å². The van der Waals surface area contributed by atoms with E-state index in [1.54, 1.807) is 54.2 Å². The first-order valence-corrected chi connectivity index (χ1v) is 13.3. The Labute approximate surface area is 202 Å². The van der Waals surface area contributed by atoms with E-state index in [-0.39, 0.29) is 12.5 Å². The van der Waals surface area contributed by atoms with Crippen LogP contribution >= 0.6 is 35.0 Å². The van der Waals surface area contributed by atoms with Gasteiger partial charge in [-0.3, -0.25) is 9.10 Å². The first-order chi connectivity index (χ1) is 15.3. The minimum absolute atomic E-state index is 0.0143. The second-order valence-corrected chi connectivity index (χ2v) is 10.8. The molecule has 9 heteroatoms. The SMILES string of the molecule is CS(=O)(=O)N(Cc1c(Cl)cccc1Cl)c1ccc(C(=O)NCCSc2ccccc2)cc1. The molecule has 0 aromatic heterocycles. The first kappa shape index (κ1) is 24.5. The highest BCUT2D eigenvalue weighted by Crippen LogP contribution is 2.29. The molecular formula is C23H22Cl2N2O3S2. The van der Waals surface area contributed by atoms with Crippen molar-refractivity contribution in [2.24, 2.45) is 0 Å². The lowest BCUT2D eigenvalue weighted by Gasteiger charge is -2.23.